The summed E-state index contributed by atoms with van der Waals surface area (Å²) in [6, 6.07) is 1.36. The van der Waals surface area contributed by atoms with Gasteiger partial charge in [-0.2, -0.15) is 0 Å². The Balaban J connectivity index is 2.35. The van der Waals surface area contributed by atoms with Crippen LogP contribution >= 0.6 is 0 Å². The van der Waals surface area contributed by atoms with Crippen molar-refractivity contribution in [1.29, 1.82) is 0 Å². The lowest BCUT2D eigenvalue weighted by Crippen LogP contribution is -2.58. The van der Waals surface area contributed by atoms with Crippen LogP contribution in [-0.2, 0) is 0 Å². The molecule has 0 spiro atoms. The quantitative estimate of drug-likeness (QED) is 0.590. The molecule has 0 amide bonds. The fourth-order valence-electron chi connectivity index (χ4n) is 3.38. The number of hydrogen-bond acceptors (Lipinski definition) is 3. The Morgan fingerprint density at radius 1 is 0.952 bits per heavy atom. The van der Waals surface area contributed by atoms with Crippen molar-refractivity contribution in [2.24, 2.45) is 0 Å². The van der Waals surface area contributed by atoms with Gasteiger partial charge in [0.25, 0.3) is 0 Å². The molecule has 2 atom stereocenters. The Kier molecular flexibility index (Phi) is 10.3. The molecule has 0 bridgehead atoms. The fourth-order valence-corrected chi connectivity index (χ4v) is 3.38. The molecule has 1 heterocycles. The summed E-state index contributed by atoms with van der Waals surface area (Å²) in [6.45, 7) is 9.36. The van der Waals surface area contributed by atoms with Gasteiger partial charge in [-0.15, -0.1) is 0 Å². The molecule has 0 aromatic heterocycles. The van der Waals surface area contributed by atoms with E-state index in [4.69, 9.17) is 0 Å². The summed E-state index contributed by atoms with van der Waals surface area (Å²) < 4.78 is 0. The second-order valence-electron chi connectivity index (χ2n) is 6.93. The minimum atomic E-state index is 0.670. The largest absolute Gasteiger partial charge is 0.312 e. The highest BCUT2D eigenvalue weighted by molar-refractivity contribution is 4.88. The summed E-state index contributed by atoms with van der Waals surface area (Å²) >= 11 is 0. The van der Waals surface area contributed by atoms with Crippen molar-refractivity contribution in [3.8, 4) is 0 Å². The maximum absolute atomic E-state index is 3.82. The van der Waals surface area contributed by atoms with Crippen molar-refractivity contribution in [2.75, 3.05) is 40.3 Å². The normalized spacial score (nSPS) is 22.6. The molecule has 1 aliphatic heterocycles. The van der Waals surface area contributed by atoms with Gasteiger partial charge in [0.05, 0.1) is 0 Å². The summed E-state index contributed by atoms with van der Waals surface area (Å²) in [4.78, 5) is 5.07. The van der Waals surface area contributed by atoms with Gasteiger partial charge in [-0.1, -0.05) is 52.4 Å². The van der Waals surface area contributed by atoms with Crippen LogP contribution in [0.3, 0.4) is 0 Å². The Morgan fingerprint density at radius 3 is 2.38 bits per heavy atom. The molecule has 3 heteroatoms. The van der Waals surface area contributed by atoms with Crippen LogP contribution in [0.15, 0.2) is 0 Å². The first-order valence-corrected chi connectivity index (χ1v) is 9.31. The Morgan fingerprint density at radius 2 is 1.67 bits per heavy atom. The van der Waals surface area contributed by atoms with Gasteiger partial charge in [0.2, 0.25) is 0 Å². The van der Waals surface area contributed by atoms with E-state index >= 15 is 0 Å². The molecule has 2 unspecified atom stereocenters. The smallest absolute Gasteiger partial charge is 0.0373 e. The lowest BCUT2D eigenvalue weighted by molar-refractivity contribution is 0.0844. The van der Waals surface area contributed by atoms with Gasteiger partial charge in [0, 0.05) is 31.7 Å². The molecule has 0 aliphatic carbocycles. The van der Waals surface area contributed by atoms with E-state index in [1.807, 2.05) is 0 Å². The SMILES string of the molecule is CCCCCCCCC(NCCC)C1CN(C)CCN1C. The zero-order valence-electron chi connectivity index (χ0n) is 15.0. The van der Waals surface area contributed by atoms with E-state index in [0.29, 0.717) is 12.1 Å². The maximum atomic E-state index is 3.82. The minimum absolute atomic E-state index is 0.670. The van der Waals surface area contributed by atoms with Crippen LogP contribution in [0.4, 0.5) is 0 Å². The first-order chi connectivity index (χ1) is 10.2. The molecule has 0 aromatic carbocycles. The summed E-state index contributed by atoms with van der Waals surface area (Å²) in [5.74, 6) is 0. The van der Waals surface area contributed by atoms with E-state index in [1.165, 1.54) is 71.0 Å². The van der Waals surface area contributed by atoms with Gasteiger partial charge in [0.1, 0.15) is 0 Å². The molecular formula is C18H39N3. The number of nitrogens with zero attached hydrogens (tertiary/aromatic N) is 2. The molecule has 1 aliphatic rings. The van der Waals surface area contributed by atoms with Crippen LogP contribution < -0.4 is 5.32 Å². The van der Waals surface area contributed by atoms with Gasteiger partial charge >= 0.3 is 0 Å². The zero-order valence-corrected chi connectivity index (χ0v) is 15.0. The number of likely N-dealkylation sites (N-methyl/N-ethyl adjacent to an activating group) is 2. The molecule has 1 N–H and O–H groups in total. The van der Waals surface area contributed by atoms with E-state index in [9.17, 15) is 0 Å². The first-order valence-electron chi connectivity index (χ1n) is 9.31. The van der Waals surface area contributed by atoms with Crippen molar-refractivity contribution in [1.82, 2.24) is 15.1 Å². The predicted molar refractivity (Wildman–Crippen MR) is 94.0 cm³/mol. The van der Waals surface area contributed by atoms with E-state index < -0.39 is 0 Å². The first kappa shape index (κ1) is 18.9. The molecule has 3 nitrogen and oxygen atoms in total. The number of nitrogens with one attached hydrogen (secondary N) is 1. The second-order valence-corrected chi connectivity index (χ2v) is 6.93. The third kappa shape index (κ3) is 7.62. The molecule has 0 saturated carbocycles. The molecular weight excluding hydrogens is 258 g/mol. The molecule has 1 fully saturated rings. The van der Waals surface area contributed by atoms with Crippen molar-refractivity contribution in [3.63, 3.8) is 0 Å². The van der Waals surface area contributed by atoms with Gasteiger partial charge in [-0.25, -0.2) is 0 Å². The Labute approximate surface area is 133 Å². The average Bonchev–Trinajstić information content (AvgIpc) is 2.48. The summed E-state index contributed by atoms with van der Waals surface area (Å²) in [7, 11) is 4.57. The lowest BCUT2D eigenvalue weighted by Gasteiger charge is -2.42. The Bertz CT molecular complexity index is 245. The van der Waals surface area contributed by atoms with E-state index in [2.05, 4.69) is 43.1 Å². The topological polar surface area (TPSA) is 18.5 Å². The Hall–Kier alpha value is -0.120. The standard InChI is InChI=1S/C18H39N3/c1-5-7-8-9-10-11-12-17(19-13-6-2)18-16-20(3)14-15-21(18)4/h17-19H,5-16H2,1-4H3. The number of unbranched alkanes of at least 4 members (excludes halogenated alkanes) is 5. The number of hydrogen-bond donors (Lipinski definition) is 1. The van der Waals surface area contributed by atoms with E-state index in [-0.39, 0.29) is 0 Å². The summed E-state index contributed by atoms with van der Waals surface area (Å²) in [5, 5.41) is 3.82. The maximum Gasteiger partial charge on any atom is 0.0373 e. The summed E-state index contributed by atoms with van der Waals surface area (Å²) in [5.41, 5.74) is 0. The van der Waals surface area contributed by atoms with E-state index in [0.717, 1.165) is 6.54 Å². The third-order valence-electron chi connectivity index (χ3n) is 4.89. The molecule has 1 rings (SSSR count). The zero-order chi connectivity index (χ0) is 15.5. The van der Waals surface area contributed by atoms with Crippen molar-refractivity contribution in [2.45, 2.75) is 77.3 Å². The van der Waals surface area contributed by atoms with Gasteiger partial charge < -0.3 is 10.2 Å². The predicted octanol–water partition coefficient (Wildman–Crippen LogP) is 3.35. The number of rotatable bonds is 11. The van der Waals surface area contributed by atoms with Crippen LogP contribution in [0.1, 0.15) is 65.2 Å². The average molecular weight is 298 g/mol. The number of piperazine rings is 1. The lowest BCUT2D eigenvalue weighted by atomic mass is 9.97. The van der Waals surface area contributed by atoms with Crippen molar-refractivity contribution in [3.05, 3.63) is 0 Å². The van der Waals surface area contributed by atoms with Crippen LogP contribution in [-0.4, -0.2) is 62.2 Å². The molecule has 21 heavy (non-hydrogen) atoms. The third-order valence-corrected chi connectivity index (χ3v) is 4.89. The van der Waals surface area contributed by atoms with Crippen LogP contribution in [0.2, 0.25) is 0 Å². The van der Waals surface area contributed by atoms with Gasteiger partial charge in [0.15, 0.2) is 0 Å². The molecule has 1 saturated heterocycles. The van der Waals surface area contributed by atoms with Crippen LogP contribution in [0.25, 0.3) is 0 Å². The molecule has 0 radical (unpaired) electrons. The fraction of sp³-hybridized carbons (Fsp3) is 1.00. The van der Waals surface area contributed by atoms with Crippen molar-refractivity contribution >= 4 is 0 Å². The highest BCUT2D eigenvalue weighted by Crippen LogP contribution is 2.16. The van der Waals surface area contributed by atoms with Crippen LogP contribution in [0.5, 0.6) is 0 Å². The highest BCUT2D eigenvalue weighted by atomic mass is 15.3. The van der Waals surface area contributed by atoms with Crippen molar-refractivity contribution < 1.29 is 0 Å². The van der Waals surface area contributed by atoms with Crippen LogP contribution in [0, 0.1) is 0 Å². The van der Waals surface area contributed by atoms with Gasteiger partial charge in [-0.3, -0.25) is 4.90 Å². The molecule has 126 valence electrons. The van der Waals surface area contributed by atoms with E-state index in [1.54, 1.807) is 0 Å². The minimum Gasteiger partial charge on any atom is -0.312 e. The van der Waals surface area contributed by atoms with Gasteiger partial charge in [-0.05, 0) is 33.5 Å². The highest BCUT2D eigenvalue weighted by Gasteiger charge is 2.28. The monoisotopic (exact) mass is 297 g/mol. The second kappa shape index (κ2) is 11.4. The summed E-state index contributed by atoms with van der Waals surface area (Å²) in [6.07, 6.45) is 11.0. The molecule has 0 aromatic rings.